The Morgan fingerprint density at radius 3 is 2.53 bits per heavy atom. The number of ether oxygens (including phenoxy) is 1. The Labute approximate surface area is 114 Å². The van der Waals surface area contributed by atoms with Crippen molar-refractivity contribution in [2.75, 3.05) is 11.9 Å². The lowest BCUT2D eigenvalue weighted by Gasteiger charge is -2.08. The van der Waals surface area contributed by atoms with Gasteiger partial charge in [0.05, 0.1) is 18.5 Å². The zero-order chi connectivity index (χ0) is 13.5. The minimum Gasteiger partial charge on any atom is -0.494 e. The summed E-state index contributed by atoms with van der Waals surface area (Å²) >= 11 is 0. The maximum atomic E-state index is 5.56. The van der Waals surface area contributed by atoms with Gasteiger partial charge in [-0.05, 0) is 43.2 Å². The molecule has 100 valence electrons. The minimum atomic E-state index is 0.770. The number of benzene rings is 1. The molecule has 1 aromatic carbocycles. The Morgan fingerprint density at radius 1 is 1.11 bits per heavy atom. The van der Waals surface area contributed by atoms with Gasteiger partial charge >= 0.3 is 0 Å². The molecule has 0 radical (unpaired) electrons. The molecule has 0 aliphatic heterocycles. The van der Waals surface area contributed by atoms with E-state index in [4.69, 9.17) is 4.74 Å². The van der Waals surface area contributed by atoms with Crippen molar-refractivity contribution in [3.05, 3.63) is 53.9 Å². The van der Waals surface area contributed by atoms with Crippen molar-refractivity contribution in [1.29, 1.82) is 0 Å². The Balaban J connectivity index is 1.87. The third-order valence-electron chi connectivity index (χ3n) is 2.80. The largest absolute Gasteiger partial charge is 0.494 e. The predicted octanol–water partition coefficient (Wildman–Crippen LogP) is 3.79. The van der Waals surface area contributed by atoms with Crippen LogP contribution in [0.1, 0.15) is 24.6 Å². The summed E-state index contributed by atoms with van der Waals surface area (Å²) in [5.41, 5.74) is 3.30. The van der Waals surface area contributed by atoms with Crippen molar-refractivity contribution in [1.82, 2.24) is 4.98 Å². The van der Waals surface area contributed by atoms with E-state index in [0.29, 0.717) is 0 Å². The summed E-state index contributed by atoms with van der Waals surface area (Å²) in [5.74, 6) is 0.933. The molecule has 0 aliphatic carbocycles. The Morgan fingerprint density at radius 2 is 1.89 bits per heavy atom. The van der Waals surface area contributed by atoms with Gasteiger partial charge in [-0.25, -0.2) is 0 Å². The van der Waals surface area contributed by atoms with Gasteiger partial charge in [-0.2, -0.15) is 0 Å². The molecule has 0 saturated carbocycles. The van der Waals surface area contributed by atoms with Gasteiger partial charge in [-0.1, -0.05) is 19.1 Å². The number of rotatable bonds is 6. The van der Waals surface area contributed by atoms with E-state index in [-0.39, 0.29) is 0 Å². The van der Waals surface area contributed by atoms with Gasteiger partial charge in [0, 0.05) is 12.2 Å². The molecular weight excluding hydrogens is 236 g/mol. The second-order valence-electron chi connectivity index (χ2n) is 4.53. The van der Waals surface area contributed by atoms with E-state index in [0.717, 1.165) is 36.7 Å². The highest BCUT2D eigenvalue weighted by atomic mass is 16.5. The SMILES string of the molecule is CCCOc1ccc(CNc2ccc(C)nc2)cc1. The fraction of sp³-hybridized carbons (Fsp3) is 0.312. The second kappa shape index (κ2) is 6.78. The first-order valence-corrected chi connectivity index (χ1v) is 6.66. The van der Waals surface area contributed by atoms with Crippen LogP contribution >= 0.6 is 0 Å². The highest BCUT2D eigenvalue weighted by molar-refractivity contribution is 5.42. The van der Waals surface area contributed by atoms with Gasteiger partial charge in [-0.3, -0.25) is 4.98 Å². The third kappa shape index (κ3) is 4.28. The summed E-state index contributed by atoms with van der Waals surface area (Å²) in [6, 6.07) is 12.2. The van der Waals surface area contributed by atoms with Crippen LogP contribution in [0.2, 0.25) is 0 Å². The number of pyridine rings is 1. The monoisotopic (exact) mass is 256 g/mol. The smallest absolute Gasteiger partial charge is 0.119 e. The van der Waals surface area contributed by atoms with Gasteiger partial charge in [0.25, 0.3) is 0 Å². The maximum Gasteiger partial charge on any atom is 0.119 e. The highest BCUT2D eigenvalue weighted by Gasteiger charge is 1.96. The molecule has 1 N–H and O–H groups in total. The molecule has 0 bridgehead atoms. The van der Waals surface area contributed by atoms with Gasteiger partial charge in [0.15, 0.2) is 0 Å². The molecule has 2 rings (SSSR count). The van der Waals surface area contributed by atoms with Crippen LogP contribution in [0, 0.1) is 6.92 Å². The molecule has 0 amide bonds. The number of anilines is 1. The molecule has 0 atom stereocenters. The lowest BCUT2D eigenvalue weighted by molar-refractivity contribution is 0.317. The molecular formula is C16H20N2O. The van der Waals surface area contributed by atoms with Crippen LogP contribution in [0.3, 0.4) is 0 Å². The molecule has 3 heteroatoms. The summed E-state index contributed by atoms with van der Waals surface area (Å²) in [5, 5.41) is 3.35. The van der Waals surface area contributed by atoms with Crippen LogP contribution in [0.5, 0.6) is 5.75 Å². The van der Waals surface area contributed by atoms with Crippen molar-refractivity contribution in [2.45, 2.75) is 26.8 Å². The van der Waals surface area contributed by atoms with Crippen LogP contribution in [0.15, 0.2) is 42.6 Å². The van der Waals surface area contributed by atoms with E-state index in [1.165, 1.54) is 5.56 Å². The lowest BCUT2D eigenvalue weighted by Crippen LogP contribution is -2.00. The van der Waals surface area contributed by atoms with E-state index < -0.39 is 0 Å². The highest BCUT2D eigenvalue weighted by Crippen LogP contribution is 2.14. The fourth-order valence-electron chi connectivity index (χ4n) is 1.70. The van der Waals surface area contributed by atoms with Crippen molar-refractivity contribution < 1.29 is 4.74 Å². The first kappa shape index (κ1) is 13.4. The van der Waals surface area contributed by atoms with Crippen molar-refractivity contribution in [3.8, 4) is 5.75 Å². The summed E-state index contributed by atoms with van der Waals surface area (Å²) < 4.78 is 5.56. The zero-order valence-electron chi connectivity index (χ0n) is 11.5. The first-order chi connectivity index (χ1) is 9.28. The lowest BCUT2D eigenvalue weighted by atomic mass is 10.2. The van der Waals surface area contributed by atoms with Crippen LogP contribution in [-0.2, 0) is 6.54 Å². The molecule has 2 aromatic rings. The zero-order valence-corrected chi connectivity index (χ0v) is 11.5. The predicted molar refractivity (Wildman–Crippen MR) is 78.5 cm³/mol. The van der Waals surface area contributed by atoms with E-state index in [9.17, 15) is 0 Å². The fourth-order valence-corrected chi connectivity index (χ4v) is 1.70. The summed E-state index contributed by atoms with van der Waals surface area (Å²) in [7, 11) is 0. The quantitative estimate of drug-likeness (QED) is 0.853. The number of nitrogens with one attached hydrogen (secondary N) is 1. The average Bonchev–Trinajstić information content (AvgIpc) is 2.46. The van der Waals surface area contributed by atoms with Gasteiger partial charge in [0.2, 0.25) is 0 Å². The van der Waals surface area contributed by atoms with E-state index >= 15 is 0 Å². The van der Waals surface area contributed by atoms with Gasteiger partial charge < -0.3 is 10.1 Å². The Kier molecular flexibility index (Phi) is 4.78. The van der Waals surface area contributed by atoms with E-state index in [1.54, 1.807) is 0 Å². The third-order valence-corrected chi connectivity index (χ3v) is 2.80. The molecule has 3 nitrogen and oxygen atoms in total. The molecule has 1 heterocycles. The molecule has 0 saturated heterocycles. The minimum absolute atomic E-state index is 0.770. The van der Waals surface area contributed by atoms with Crippen LogP contribution in [0.4, 0.5) is 5.69 Å². The van der Waals surface area contributed by atoms with E-state index in [1.807, 2.05) is 37.4 Å². The molecule has 19 heavy (non-hydrogen) atoms. The molecule has 0 unspecified atom stereocenters. The summed E-state index contributed by atoms with van der Waals surface area (Å²) in [6.45, 7) is 5.65. The van der Waals surface area contributed by atoms with Crippen molar-refractivity contribution >= 4 is 5.69 Å². The van der Waals surface area contributed by atoms with Crippen molar-refractivity contribution in [2.24, 2.45) is 0 Å². The van der Waals surface area contributed by atoms with Gasteiger partial charge in [-0.15, -0.1) is 0 Å². The maximum absolute atomic E-state index is 5.56. The number of nitrogens with zero attached hydrogens (tertiary/aromatic N) is 1. The van der Waals surface area contributed by atoms with Crippen molar-refractivity contribution in [3.63, 3.8) is 0 Å². The first-order valence-electron chi connectivity index (χ1n) is 6.66. The number of hydrogen-bond donors (Lipinski definition) is 1. The topological polar surface area (TPSA) is 34.1 Å². The summed E-state index contributed by atoms with van der Waals surface area (Å²) in [4.78, 5) is 4.26. The molecule has 1 aromatic heterocycles. The number of aryl methyl sites for hydroxylation is 1. The standard InChI is InChI=1S/C16H20N2O/c1-3-10-19-16-8-5-14(6-9-16)11-18-15-7-4-13(2)17-12-15/h4-9,12,18H,3,10-11H2,1-2H3. The molecule has 0 fully saturated rings. The number of hydrogen-bond acceptors (Lipinski definition) is 3. The summed E-state index contributed by atoms with van der Waals surface area (Å²) in [6.07, 6.45) is 2.89. The van der Waals surface area contributed by atoms with Crippen LogP contribution in [0.25, 0.3) is 0 Å². The second-order valence-corrected chi connectivity index (χ2v) is 4.53. The Bertz CT molecular complexity index is 491. The molecule has 0 spiro atoms. The normalized spacial score (nSPS) is 10.2. The van der Waals surface area contributed by atoms with Crippen LogP contribution < -0.4 is 10.1 Å². The van der Waals surface area contributed by atoms with E-state index in [2.05, 4.69) is 29.4 Å². The van der Waals surface area contributed by atoms with Gasteiger partial charge in [0.1, 0.15) is 5.75 Å². The Hall–Kier alpha value is -2.03. The average molecular weight is 256 g/mol. The molecule has 0 aliphatic rings. The van der Waals surface area contributed by atoms with Crippen LogP contribution in [-0.4, -0.2) is 11.6 Å². The number of aromatic nitrogens is 1.